The van der Waals surface area contributed by atoms with E-state index in [1.54, 1.807) is 0 Å². The van der Waals surface area contributed by atoms with Gasteiger partial charge in [-0.1, -0.05) is 13.8 Å². The molecule has 0 atom stereocenters. The molecule has 0 saturated carbocycles. The maximum atomic E-state index is 12.4. The van der Waals surface area contributed by atoms with Crippen molar-refractivity contribution in [3.8, 4) is 0 Å². The zero-order valence-electron chi connectivity index (χ0n) is 6.75. The van der Waals surface area contributed by atoms with Crippen LogP contribution >= 0.6 is 0 Å². The van der Waals surface area contributed by atoms with Gasteiger partial charge in [0.15, 0.2) is 0 Å². The van der Waals surface area contributed by atoms with Gasteiger partial charge in [-0.2, -0.15) is 22.0 Å². The van der Waals surface area contributed by atoms with Crippen LogP contribution in [-0.4, -0.2) is 30.2 Å². The lowest BCUT2D eigenvalue weighted by Crippen LogP contribution is -2.52. The highest BCUT2D eigenvalue weighted by Gasteiger charge is 2.60. The Morgan fingerprint density at radius 2 is 1.25 bits per heavy atom. The monoisotopic (exact) mass is 191 g/mol. The summed E-state index contributed by atoms with van der Waals surface area (Å²) in [7, 11) is 0. The highest BCUT2D eigenvalue weighted by atomic mass is 19.4. The molecule has 0 aromatic carbocycles. The van der Waals surface area contributed by atoms with E-state index in [2.05, 4.69) is 0 Å². The van der Waals surface area contributed by atoms with E-state index in [1.807, 2.05) is 0 Å². The molecule has 0 aromatic rings. The summed E-state index contributed by atoms with van der Waals surface area (Å²) in [6, 6.07) is -4.71. The van der Waals surface area contributed by atoms with Crippen molar-refractivity contribution in [1.82, 2.24) is 4.90 Å². The third-order valence-electron chi connectivity index (χ3n) is 1.50. The van der Waals surface area contributed by atoms with Crippen LogP contribution in [0.2, 0.25) is 0 Å². The molecule has 0 aliphatic heterocycles. The Kier molecular flexibility index (Phi) is 3.44. The fraction of sp³-hybridized carbons (Fsp3) is 1.00. The SMILES string of the molecule is CCN(CC)C(F)(F)C(F)(F)F. The van der Waals surface area contributed by atoms with Gasteiger partial charge in [0.1, 0.15) is 0 Å². The Morgan fingerprint density at radius 3 is 1.33 bits per heavy atom. The van der Waals surface area contributed by atoms with Crippen LogP contribution in [0, 0.1) is 0 Å². The van der Waals surface area contributed by atoms with Gasteiger partial charge in [-0.25, -0.2) is 4.90 Å². The highest BCUT2D eigenvalue weighted by molar-refractivity contribution is 4.75. The van der Waals surface area contributed by atoms with E-state index in [1.165, 1.54) is 13.8 Å². The van der Waals surface area contributed by atoms with Crippen molar-refractivity contribution in [1.29, 1.82) is 0 Å². The molecule has 0 amide bonds. The molecule has 12 heavy (non-hydrogen) atoms. The molecular formula is C6H10F5N. The van der Waals surface area contributed by atoms with Crippen LogP contribution in [0.1, 0.15) is 13.8 Å². The molecule has 0 rings (SSSR count). The second-order valence-corrected chi connectivity index (χ2v) is 2.21. The number of halogens is 5. The van der Waals surface area contributed by atoms with E-state index in [9.17, 15) is 22.0 Å². The fourth-order valence-electron chi connectivity index (χ4n) is 0.800. The normalized spacial score (nSPS) is 14.0. The van der Waals surface area contributed by atoms with Gasteiger partial charge in [0.05, 0.1) is 0 Å². The first-order valence-corrected chi connectivity index (χ1v) is 3.47. The van der Waals surface area contributed by atoms with Gasteiger partial charge >= 0.3 is 12.2 Å². The third-order valence-corrected chi connectivity index (χ3v) is 1.50. The largest absolute Gasteiger partial charge is 0.469 e. The van der Waals surface area contributed by atoms with Crippen LogP contribution in [0.4, 0.5) is 22.0 Å². The summed E-state index contributed by atoms with van der Waals surface area (Å²) in [4.78, 5) is 0.0625. The lowest BCUT2D eigenvalue weighted by molar-refractivity contribution is -0.339. The van der Waals surface area contributed by atoms with Gasteiger partial charge in [-0.3, -0.25) is 0 Å². The lowest BCUT2D eigenvalue weighted by atomic mass is 10.4. The Morgan fingerprint density at radius 1 is 0.917 bits per heavy atom. The zero-order chi connectivity index (χ0) is 9.99. The van der Waals surface area contributed by atoms with Gasteiger partial charge in [-0.15, -0.1) is 0 Å². The van der Waals surface area contributed by atoms with E-state index in [0.29, 0.717) is 0 Å². The summed E-state index contributed by atoms with van der Waals surface area (Å²) < 4.78 is 59.8. The van der Waals surface area contributed by atoms with Crippen LogP contribution in [0.3, 0.4) is 0 Å². The maximum absolute atomic E-state index is 12.4. The molecule has 0 saturated heterocycles. The summed E-state index contributed by atoms with van der Waals surface area (Å²) in [6.07, 6.45) is -5.49. The molecule has 0 spiro atoms. The minimum atomic E-state index is -5.49. The highest BCUT2D eigenvalue weighted by Crippen LogP contribution is 2.37. The summed E-state index contributed by atoms with van der Waals surface area (Å²) in [5.41, 5.74) is 0. The molecular weight excluding hydrogens is 181 g/mol. The standard InChI is InChI=1S/C6H10F5N/c1-3-12(4-2)6(10,11)5(7,8)9/h3-4H2,1-2H3. The zero-order valence-corrected chi connectivity index (χ0v) is 6.75. The quantitative estimate of drug-likeness (QED) is 0.489. The van der Waals surface area contributed by atoms with Crippen LogP contribution in [0.25, 0.3) is 0 Å². The van der Waals surface area contributed by atoms with Gasteiger partial charge in [0.25, 0.3) is 0 Å². The van der Waals surface area contributed by atoms with E-state index >= 15 is 0 Å². The molecule has 6 heteroatoms. The Bertz CT molecular complexity index is 137. The van der Waals surface area contributed by atoms with Crippen molar-refractivity contribution < 1.29 is 22.0 Å². The molecule has 0 aliphatic rings. The van der Waals surface area contributed by atoms with Crippen molar-refractivity contribution in [2.45, 2.75) is 26.1 Å². The smallest absolute Gasteiger partial charge is 0.237 e. The van der Waals surface area contributed by atoms with Gasteiger partial charge in [-0.05, 0) is 0 Å². The molecule has 0 bridgehead atoms. The first kappa shape index (κ1) is 11.6. The number of nitrogens with zero attached hydrogens (tertiary/aromatic N) is 1. The molecule has 74 valence electrons. The molecule has 0 fully saturated rings. The molecule has 0 N–H and O–H groups in total. The van der Waals surface area contributed by atoms with Crippen molar-refractivity contribution in [2.24, 2.45) is 0 Å². The predicted octanol–water partition coefficient (Wildman–Crippen LogP) is 2.48. The van der Waals surface area contributed by atoms with Crippen LogP contribution in [0.5, 0.6) is 0 Å². The first-order valence-electron chi connectivity index (χ1n) is 3.47. The Labute approximate surface area is 67.2 Å². The molecule has 0 unspecified atom stereocenters. The third kappa shape index (κ3) is 2.06. The minimum Gasteiger partial charge on any atom is -0.237 e. The Balaban J connectivity index is 4.57. The number of rotatable bonds is 3. The number of hydrogen-bond donors (Lipinski definition) is 0. The van der Waals surface area contributed by atoms with Crippen LogP contribution in [-0.2, 0) is 0 Å². The minimum absolute atomic E-state index is 0.0625. The van der Waals surface area contributed by atoms with E-state index < -0.39 is 12.2 Å². The second-order valence-electron chi connectivity index (χ2n) is 2.21. The summed E-state index contributed by atoms with van der Waals surface area (Å²) >= 11 is 0. The second kappa shape index (κ2) is 3.55. The molecule has 0 radical (unpaired) electrons. The van der Waals surface area contributed by atoms with Crippen LogP contribution in [0.15, 0.2) is 0 Å². The maximum Gasteiger partial charge on any atom is 0.469 e. The topological polar surface area (TPSA) is 3.24 Å². The first-order chi connectivity index (χ1) is 5.27. The summed E-state index contributed by atoms with van der Waals surface area (Å²) in [6.45, 7) is 1.85. The molecule has 0 heterocycles. The fourth-order valence-corrected chi connectivity index (χ4v) is 0.800. The van der Waals surface area contributed by atoms with Gasteiger partial charge in [0, 0.05) is 13.1 Å². The average molecular weight is 191 g/mol. The van der Waals surface area contributed by atoms with Crippen LogP contribution < -0.4 is 0 Å². The lowest BCUT2D eigenvalue weighted by Gasteiger charge is -2.30. The van der Waals surface area contributed by atoms with Crippen molar-refractivity contribution in [3.63, 3.8) is 0 Å². The molecule has 0 aromatic heterocycles. The molecule has 0 aliphatic carbocycles. The number of hydrogen-bond acceptors (Lipinski definition) is 1. The van der Waals surface area contributed by atoms with E-state index in [4.69, 9.17) is 0 Å². The average Bonchev–Trinajstić information content (AvgIpc) is 1.87. The van der Waals surface area contributed by atoms with Crippen molar-refractivity contribution in [2.75, 3.05) is 13.1 Å². The van der Waals surface area contributed by atoms with Gasteiger partial charge in [0.2, 0.25) is 0 Å². The van der Waals surface area contributed by atoms with E-state index in [0.717, 1.165) is 0 Å². The van der Waals surface area contributed by atoms with E-state index in [-0.39, 0.29) is 18.0 Å². The van der Waals surface area contributed by atoms with Gasteiger partial charge < -0.3 is 0 Å². The summed E-state index contributed by atoms with van der Waals surface area (Å²) in [5, 5.41) is 0. The predicted molar refractivity (Wildman–Crippen MR) is 33.9 cm³/mol. The van der Waals surface area contributed by atoms with Crippen molar-refractivity contribution in [3.05, 3.63) is 0 Å². The Hall–Kier alpha value is -0.390. The number of alkyl halides is 5. The summed E-state index contributed by atoms with van der Waals surface area (Å²) in [5.74, 6) is 0. The molecule has 1 nitrogen and oxygen atoms in total. The van der Waals surface area contributed by atoms with Crippen molar-refractivity contribution >= 4 is 0 Å².